The van der Waals surface area contributed by atoms with Gasteiger partial charge in [-0.1, -0.05) is 18.2 Å². The zero-order valence-electron chi connectivity index (χ0n) is 8.44. The summed E-state index contributed by atoms with van der Waals surface area (Å²) in [5.41, 5.74) is 0.801. The number of aromatic nitrogens is 3. The molecule has 0 atom stereocenters. The van der Waals surface area contributed by atoms with Crippen LogP contribution < -0.4 is 0 Å². The van der Waals surface area contributed by atoms with Crippen LogP contribution in [0.15, 0.2) is 36.8 Å². The van der Waals surface area contributed by atoms with Crippen LogP contribution in [0.1, 0.15) is 0 Å². The van der Waals surface area contributed by atoms with Gasteiger partial charge in [0.05, 0.1) is 17.2 Å². The van der Waals surface area contributed by atoms with Crippen molar-refractivity contribution in [2.45, 2.75) is 6.30 Å². The number of rotatable bonds is 0. The van der Waals surface area contributed by atoms with Crippen LogP contribution in [-0.4, -0.2) is 14.5 Å². The number of pyridine rings is 1. The number of benzene rings is 1. The van der Waals surface area contributed by atoms with E-state index in [0.29, 0.717) is 10.9 Å². The van der Waals surface area contributed by atoms with Crippen molar-refractivity contribution < 1.29 is 13.2 Å². The standard InChI is InChI=1S/C11H6F3N3/c12-11(13,14)17-6-16-9-5-15-8-4-2-1-3-7(8)10(9)17/h1-6H. The summed E-state index contributed by atoms with van der Waals surface area (Å²) in [6.45, 7) is 0. The number of hydrogen-bond acceptors (Lipinski definition) is 2. The third-order valence-electron chi connectivity index (χ3n) is 2.55. The van der Waals surface area contributed by atoms with Crippen molar-refractivity contribution in [3.63, 3.8) is 0 Å². The average molecular weight is 237 g/mol. The summed E-state index contributed by atoms with van der Waals surface area (Å²) in [4.78, 5) is 7.78. The molecule has 0 N–H and O–H groups in total. The van der Waals surface area contributed by atoms with Gasteiger partial charge in [-0.05, 0) is 6.07 Å². The average Bonchev–Trinajstić information content (AvgIpc) is 2.72. The zero-order valence-corrected chi connectivity index (χ0v) is 8.44. The van der Waals surface area contributed by atoms with Crippen molar-refractivity contribution in [3.8, 4) is 0 Å². The molecule has 0 aliphatic carbocycles. The molecule has 0 bridgehead atoms. The molecule has 86 valence electrons. The lowest BCUT2D eigenvalue weighted by atomic mass is 10.2. The Morgan fingerprint density at radius 1 is 1.00 bits per heavy atom. The third-order valence-corrected chi connectivity index (χ3v) is 2.55. The van der Waals surface area contributed by atoms with E-state index in [9.17, 15) is 13.2 Å². The van der Waals surface area contributed by atoms with Crippen molar-refractivity contribution in [2.24, 2.45) is 0 Å². The predicted octanol–water partition coefficient (Wildman–Crippen LogP) is 3.06. The van der Waals surface area contributed by atoms with Crippen LogP contribution in [0.3, 0.4) is 0 Å². The number of halogens is 3. The molecular formula is C11H6F3N3. The van der Waals surface area contributed by atoms with E-state index in [0.717, 1.165) is 6.33 Å². The number of nitrogens with zero attached hydrogens (tertiary/aromatic N) is 3. The number of alkyl halides is 3. The second-order valence-corrected chi connectivity index (χ2v) is 3.59. The lowest BCUT2D eigenvalue weighted by Crippen LogP contribution is -2.15. The first-order chi connectivity index (χ1) is 8.07. The molecule has 0 unspecified atom stereocenters. The van der Waals surface area contributed by atoms with Crippen LogP contribution in [0.4, 0.5) is 13.2 Å². The van der Waals surface area contributed by atoms with Crippen molar-refractivity contribution >= 4 is 21.9 Å². The Balaban J connectivity index is 2.51. The largest absolute Gasteiger partial charge is 0.490 e. The molecule has 3 aromatic rings. The van der Waals surface area contributed by atoms with Gasteiger partial charge >= 0.3 is 6.30 Å². The molecule has 3 rings (SSSR count). The summed E-state index contributed by atoms with van der Waals surface area (Å²) in [5, 5.41) is 0.444. The van der Waals surface area contributed by atoms with Gasteiger partial charge in [-0.2, -0.15) is 0 Å². The van der Waals surface area contributed by atoms with Gasteiger partial charge < -0.3 is 0 Å². The Bertz CT molecular complexity index is 700. The Labute approximate surface area is 93.5 Å². The van der Waals surface area contributed by atoms with E-state index in [1.54, 1.807) is 24.3 Å². The molecular weight excluding hydrogens is 231 g/mol. The van der Waals surface area contributed by atoms with Crippen molar-refractivity contribution in [3.05, 3.63) is 36.8 Å². The molecule has 0 amide bonds. The quantitative estimate of drug-likeness (QED) is 0.601. The van der Waals surface area contributed by atoms with Gasteiger partial charge in [-0.15, -0.1) is 13.2 Å². The molecule has 0 saturated carbocycles. The molecule has 0 radical (unpaired) electrons. The van der Waals surface area contributed by atoms with Gasteiger partial charge in [0.1, 0.15) is 11.8 Å². The number of hydrogen-bond donors (Lipinski definition) is 0. The Kier molecular flexibility index (Phi) is 1.89. The fourth-order valence-electron chi connectivity index (χ4n) is 1.83. The highest BCUT2D eigenvalue weighted by Crippen LogP contribution is 2.30. The predicted molar refractivity (Wildman–Crippen MR) is 56.3 cm³/mol. The van der Waals surface area contributed by atoms with Gasteiger partial charge in [0.2, 0.25) is 0 Å². The van der Waals surface area contributed by atoms with E-state index in [-0.39, 0.29) is 15.6 Å². The number of para-hydroxylation sites is 1. The normalized spacial score (nSPS) is 12.4. The molecule has 0 aliphatic heterocycles. The monoisotopic (exact) mass is 237 g/mol. The van der Waals surface area contributed by atoms with Gasteiger partial charge in [-0.25, -0.2) is 9.55 Å². The van der Waals surface area contributed by atoms with E-state index < -0.39 is 6.30 Å². The molecule has 0 aliphatic rings. The minimum absolute atomic E-state index is 0.0445. The Hall–Kier alpha value is -2.11. The van der Waals surface area contributed by atoms with Crippen LogP contribution in [0.5, 0.6) is 0 Å². The maximum atomic E-state index is 12.8. The first-order valence-electron chi connectivity index (χ1n) is 4.85. The first kappa shape index (κ1) is 10.1. The van der Waals surface area contributed by atoms with Crippen LogP contribution >= 0.6 is 0 Å². The maximum Gasteiger partial charge on any atom is 0.490 e. The van der Waals surface area contributed by atoms with Crippen LogP contribution in [0.2, 0.25) is 0 Å². The number of fused-ring (bicyclic) bond motifs is 3. The van der Waals surface area contributed by atoms with Crippen LogP contribution in [0.25, 0.3) is 21.9 Å². The molecule has 2 aromatic heterocycles. The van der Waals surface area contributed by atoms with Crippen LogP contribution in [0, 0.1) is 0 Å². The summed E-state index contributed by atoms with van der Waals surface area (Å²) in [5.74, 6) is 0. The minimum atomic E-state index is -4.47. The van der Waals surface area contributed by atoms with E-state index in [4.69, 9.17) is 0 Å². The van der Waals surface area contributed by atoms with E-state index in [1.165, 1.54) is 6.20 Å². The molecule has 3 nitrogen and oxygen atoms in total. The van der Waals surface area contributed by atoms with Gasteiger partial charge in [-0.3, -0.25) is 4.98 Å². The molecule has 2 heterocycles. The summed E-state index contributed by atoms with van der Waals surface area (Å²) in [7, 11) is 0. The topological polar surface area (TPSA) is 30.7 Å². The third kappa shape index (κ3) is 1.44. The fourth-order valence-corrected chi connectivity index (χ4v) is 1.83. The van der Waals surface area contributed by atoms with E-state index >= 15 is 0 Å². The molecule has 17 heavy (non-hydrogen) atoms. The second kappa shape index (κ2) is 3.19. The lowest BCUT2D eigenvalue weighted by Gasteiger charge is -2.09. The highest BCUT2D eigenvalue weighted by molar-refractivity contribution is 6.01. The maximum absolute atomic E-state index is 12.8. The summed E-state index contributed by atoms with van der Waals surface area (Å²) in [6.07, 6.45) is -2.35. The van der Waals surface area contributed by atoms with Crippen molar-refractivity contribution in [2.75, 3.05) is 0 Å². The van der Waals surface area contributed by atoms with E-state index in [2.05, 4.69) is 9.97 Å². The smallest absolute Gasteiger partial charge is 0.254 e. The SMILES string of the molecule is FC(F)(F)n1cnc2cnc3ccccc3c21. The Morgan fingerprint density at radius 3 is 2.53 bits per heavy atom. The minimum Gasteiger partial charge on any atom is -0.254 e. The molecule has 6 heteroatoms. The lowest BCUT2D eigenvalue weighted by molar-refractivity contribution is -0.200. The second-order valence-electron chi connectivity index (χ2n) is 3.59. The summed E-state index contributed by atoms with van der Waals surface area (Å²) < 4.78 is 38.6. The van der Waals surface area contributed by atoms with Gasteiger partial charge in [0.25, 0.3) is 0 Å². The highest BCUT2D eigenvalue weighted by Gasteiger charge is 2.32. The van der Waals surface area contributed by atoms with Crippen molar-refractivity contribution in [1.82, 2.24) is 14.5 Å². The fraction of sp³-hybridized carbons (Fsp3) is 0.0909. The highest BCUT2D eigenvalue weighted by atomic mass is 19.4. The molecule has 1 aromatic carbocycles. The van der Waals surface area contributed by atoms with Crippen molar-refractivity contribution in [1.29, 1.82) is 0 Å². The van der Waals surface area contributed by atoms with Gasteiger partial charge in [0.15, 0.2) is 0 Å². The summed E-state index contributed by atoms with van der Waals surface area (Å²) >= 11 is 0. The molecule has 0 fully saturated rings. The summed E-state index contributed by atoms with van der Waals surface area (Å²) in [6, 6.07) is 6.68. The first-order valence-corrected chi connectivity index (χ1v) is 4.85. The van der Waals surface area contributed by atoms with Gasteiger partial charge in [0, 0.05) is 5.39 Å². The van der Waals surface area contributed by atoms with Crippen LogP contribution in [-0.2, 0) is 6.30 Å². The van der Waals surface area contributed by atoms with E-state index in [1.807, 2.05) is 0 Å². The zero-order chi connectivity index (χ0) is 12.0. The Morgan fingerprint density at radius 2 is 1.76 bits per heavy atom. The molecule has 0 spiro atoms. The number of imidazole rings is 1. The molecule has 0 saturated heterocycles.